The van der Waals surface area contributed by atoms with E-state index in [1.165, 1.54) is 21.6 Å². The van der Waals surface area contributed by atoms with Crippen LogP contribution in [0.25, 0.3) is 10.9 Å². The molecule has 2 heterocycles. The maximum Gasteiger partial charge on any atom is 0.305 e. The molecule has 5 unspecified atom stereocenters. The van der Waals surface area contributed by atoms with Gasteiger partial charge in [0.15, 0.2) is 5.96 Å². The molecular formula is C36H53N11O9S2. The van der Waals surface area contributed by atoms with E-state index >= 15 is 0 Å². The van der Waals surface area contributed by atoms with Crippen LogP contribution < -0.4 is 44.2 Å². The Bertz CT molecular complexity index is 1820. The van der Waals surface area contributed by atoms with Crippen LogP contribution in [0.5, 0.6) is 0 Å². The van der Waals surface area contributed by atoms with Crippen molar-refractivity contribution in [1.82, 2.24) is 31.2 Å². The van der Waals surface area contributed by atoms with Gasteiger partial charge in [-0.1, -0.05) is 46.7 Å². The van der Waals surface area contributed by atoms with Gasteiger partial charge in [-0.15, -0.1) is 0 Å². The molecule has 0 radical (unpaired) electrons. The number of benzene rings is 1. The number of carbonyl (C=O) groups is 8. The van der Waals surface area contributed by atoms with Gasteiger partial charge in [-0.05, 0) is 50.2 Å². The minimum absolute atomic E-state index is 0.0328. The van der Waals surface area contributed by atoms with Gasteiger partial charge in [-0.25, -0.2) is 0 Å². The van der Waals surface area contributed by atoms with Gasteiger partial charge in [0.05, 0.1) is 13.0 Å². The smallest absolute Gasteiger partial charge is 0.305 e. The standard InChI is InChI=1S/C36H53N11O9S2/c1-20(15-21-17-42-23-8-3-2-7-22(21)23)35(56)47-13-6-10-27(47)34(55)46-26(32(38)53)19-58-57-14-11-28(48)44-24(9-4-5-12-41-36(39)40)33(54)43-18-29(49)45-25(31(37)52)16-30(50)51/h2-3,7-8,17,20,24-27,42H,4-6,9-16,18-19H2,1H3,(H2,37,52)(H2,38,53)(H,43,54)(H,44,48)(H,45,49)(H,46,55)(H,50,51)(H4,39,40,41). The first-order chi connectivity index (χ1) is 27.6. The number of nitrogens with two attached hydrogens (primary N) is 4. The number of likely N-dealkylation sites (tertiary alicyclic amines) is 1. The first kappa shape index (κ1) is 46.9. The molecule has 1 aliphatic heterocycles. The lowest BCUT2D eigenvalue weighted by Gasteiger charge is -2.28. The number of fused-ring (bicyclic) bond motifs is 1. The summed E-state index contributed by atoms with van der Waals surface area (Å²) in [4.78, 5) is 108. The lowest BCUT2D eigenvalue weighted by atomic mass is 9.99. The molecule has 1 aromatic heterocycles. The number of aliphatic carboxylic acids is 1. The van der Waals surface area contributed by atoms with Crippen LogP contribution in [0.1, 0.15) is 57.4 Å². The second kappa shape index (κ2) is 23.7. The quantitative estimate of drug-likeness (QED) is 0.0237. The number of primary amides is 2. The van der Waals surface area contributed by atoms with E-state index in [-0.39, 0.29) is 48.7 Å². The summed E-state index contributed by atoms with van der Waals surface area (Å²) in [6.07, 6.45) is 3.77. The lowest BCUT2D eigenvalue weighted by molar-refractivity contribution is -0.141. The first-order valence-electron chi connectivity index (χ1n) is 18.7. The molecule has 1 aliphatic rings. The van der Waals surface area contributed by atoms with Crippen LogP contribution in [0.15, 0.2) is 35.5 Å². The maximum absolute atomic E-state index is 13.5. The number of rotatable bonds is 25. The van der Waals surface area contributed by atoms with Crippen LogP contribution in [0.3, 0.4) is 0 Å². The summed E-state index contributed by atoms with van der Waals surface area (Å²) in [5, 5.41) is 19.8. The molecule has 0 spiro atoms. The molecule has 1 fully saturated rings. The van der Waals surface area contributed by atoms with Gasteiger partial charge in [-0.3, -0.25) is 43.3 Å². The zero-order valence-electron chi connectivity index (χ0n) is 32.2. The van der Waals surface area contributed by atoms with Gasteiger partial charge >= 0.3 is 5.97 Å². The number of aromatic amines is 1. The monoisotopic (exact) mass is 847 g/mol. The van der Waals surface area contributed by atoms with E-state index < -0.39 is 78.5 Å². The average Bonchev–Trinajstić information content (AvgIpc) is 3.82. The fraction of sp³-hybridized carbons (Fsp3) is 0.528. The third-order valence-electron chi connectivity index (χ3n) is 9.18. The summed E-state index contributed by atoms with van der Waals surface area (Å²) >= 11 is 0. The van der Waals surface area contributed by atoms with Crippen molar-refractivity contribution < 1.29 is 43.5 Å². The van der Waals surface area contributed by atoms with Crippen molar-refractivity contribution in [1.29, 1.82) is 0 Å². The van der Waals surface area contributed by atoms with E-state index in [0.717, 1.165) is 16.5 Å². The minimum atomic E-state index is -1.48. The Morgan fingerprint density at radius 1 is 0.931 bits per heavy atom. The molecule has 1 saturated heterocycles. The number of carbonyl (C=O) groups excluding carboxylic acids is 7. The largest absolute Gasteiger partial charge is 0.481 e. The number of carboxylic acids is 1. The first-order valence-corrected chi connectivity index (χ1v) is 21.2. The maximum atomic E-state index is 13.5. The fourth-order valence-electron chi connectivity index (χ4n) is 6.21. The Balaban J connectivity index is 1.47. The molecule has 2 aromatic rings. The summed E-state index contributed by atoms with van der Waals surface area (Å²) in [5.74, 6) is -5.97. The number of para-hydroxylation sites is 1. The number of nitrogens with zero attached hydrogens (tertiary/aromatic N) is 2. The predicted molar refractivity (Wildman–Crippen MR) is 219 cm³/mol. The van der Waals surface area contributed by atoms with Gasteiger partial charge in [0.2, 0.25) is 41.4 Å². The van der Waals surface area contributed by atoms with E-state index in [1.54, 1.807) is 4.90 Å². The SMILES string of the molecule is CC(Cc1c[nH]c2ccccc12)C(=O)N1CCCC1C(=O)NC(CSSCCC(=O)NC(CCCCN=C(N)N)C(=O)NCC(=O)NC(CC(=O)O)C(N)=O)C(N)=O. The van der Waals surface area contributed by atoms with Crippen molar-refractivity contribution in [2.24, 2.45) is 33.8 Å². The van der Waals surface area contributed by atoms with Crippen LogP contribution in [-0.2, 0) is 44.8 Å². The highest BCUT2D eigenvalue weighted by Crippen LogP contribution is 2.26. The summed E-state index contributed by atoms with van der Waals surface area (Å²) in [7, 11) is 2.46. The molecule has 14 N–H and O–H groups in total. The molecular weight excluding hydrogens is 795 g/mol. The van der Waals surface area contributed by atoms with E-state index in [2.05, 4.69) is 31.2 Å². The number of H-pyrrole nitrogens is 1. The van der Waals surface area contributed by atoms with E-state index in [9.17, 15) is 38.4 Å². The number of amides is 7. The lowest BCUT2D eigenvalue weighted by Crippen LogP contribution is -2.53. The molecule has 3 rings (SSSR count). The fourth-order valence-corrected chi connectivity index (χ4v) is 8.38. The number of aliphatic imine (C=N–C) groups is 1. The zero-order valence-corrected chi connectivity index (χ0v) is 33.8. The van der Waals surface area contributed by atoms with Crippen LogP contribution in [-0.4, -0.2) is 124 Å². The highest BCUT2D eigenvalue weighted by atomic mass is 33.1. The van der Waals surface area contributed by atoms with Crippen molar-refractivity contribution in [2.45, 2.75) is 82.5 Å². The minimum Gasteiger partial charge on any atom is -0.481 e. The van der Waals surface area contributed by atoms with Crippen molar-refractivity contribution in [3.8, 4) is 0 Å². The van der Waals surface area contributed by atoms with E-state index in [0.29, 0.717) is 38.6 Å². The molecule has 58 heavy (non-hydrogen) atoms. The van der Waals surface area contributed by atoms with Crippen molar-refractivity contribution in [3.63, 3.8) is 0 Å². The highest BCUT2D eigenvalue weighted by Gasteiger charge is 2.37. The molecule has 5 atom stereocenters. The molecule has 1 aromatic carbocycles. The van der Waals surface area contributed by atoms with Gasteiger partial charge in [0.1, 0.15) is 24.2 Å². The third-order valence-corrected chi connectivity index (χ3v) is 11.6. The number of guanidine groups is 1. The topological polar surface area (TPSA) is 340 Å². The molecule has 0 aliphatic carbocycles. The second-order valence-corrected chi connectivity index (χ2v) is 16.4. The summed E-state index contributed by atoms with van der Waals surface area (Å²) < 4.78 is 0. The Morgan fingerprint density at radius 3 is 2.33 bits per heavy atom. The Hall–Kier alpha value is -5.51. The Kier molecular flexibility index (Phi) is 19.1. The van der Waals surface area contributed by atoms with E-state index in [4.69, 9.17) is 28.0 Å². The molecule has 7 amide bonds. The van der Waals surface area contributed by atoms with Crippen LogP contribution in [0.4, 0.5) is 0 Å². The number of hydrogen-bond donors (Lipinski definition) is 10. The molecule has 318 valence electrons. The summed E-state index contributed by atoms with van der Waals surface area (Å²) in [6.45, 7) is 1.92. The number of carboxylic acid groups (broad SMARTS) is 1. The predicted octanol–water partition coefficient (Wildman–Crippen LogP) is -1.43. The van der Waals surface area contributed by atoms with E-state index in [1.807, 2.05) is 37.4 Å². The highest BCUT2D eigenvalue weighted by molar-refractivity contribution is 8.76. The van der Waals surface area contributed by atoms with Crippen molar-refractivity contribution in [3.05, 3.63) is 36.0 Å². The van der Waals surface area contributed by atoms with Crippen LogP contribution in [0, 0.1) is 5.92 Å². The van der Waals surface area contributed by atoms with Gasteiger partial charge in [0, 0.05) is 54.0 Å². The Labute approximate surface area is 342 Å². The second-order valence-electron chi connectivity index (χ2n) is 13.7. The number of nitrogens with one attached hydrogen (secondary N) is 5. The molecule has 0 saturated carbocycles. The summed E-state index contributed by atoms with van der Waals surface area (Å²) in [5.41, 5.74) is 23.4. The molecule has 0 bridgehead atoms. The molecule has 20 nitrogen and oxygen atoms in total. The average molecular weight is 848 g/mol. The Morgan fingerprint density at radius 2 is 1.64 bits per heavy atom. The van der Waals surface area contributed by atoms with Gasteiger partial charge in [-0.2, -0.15) is 0 Å². The zero-order chi connectivity index (χ0) is 42.8. The normalized spacial score (nSPS) is 15.7. The number of hydrogen-bond acceptors (Lipinski definition) is 11. The third kappa shape index (κ3) is 15.4. The summed E-state index contributed by atoms with van der Waals surface area (Å²) in [6, 6.07) is 3.51. The van der Waals surface area contributed by atoms with Crippen molar-refractivity contribution in [2.75, 3.05) is 31.1 Å². The van der Waals surface area contributed by atoms with Crippen LogP contribution in [0.2, 0.25) is 0 Å². The van der Waals surface area contributed by atoms with Gasteiger partial charge in [0.25, 0.3) is 0 Å². The van der Waals surface area contributed by atoms with Gasteiger partial charge < -0.3 is 59.2 Å². The van der Waals surface area contributed by atoms with Crippen molar-refractivity contribution >= 4 is 85.8 Å². The number of aromatic nitrogens is 1. The number of unbranched alkanes of at least 4 members (excludes halogenated alkanes) is 1. The molecule has 22 heteroatoms. The van der Waals surface area contributed by atoms with Crippen LogP contribution >= 0.6 is 21.6 Å².